The highest BCUT2D eigenvalue weighted by Crippen LogP contribution is 2.30. The van der Waals surface area contributed by atoms with Crippen molar-refractivity contribution in [3.05, 3.63) is 87.7 Å². The van der Waals surface area contributed by atoms with Gasteiger partial charge in [0.2, 0.25) is 0 Å². The molecule has 3 heterocycles. The Hall–Kier alpha value is -3.26. The van der Waals surface area contributed by atoms with Gasteiger partial charge in [0, 0.05) is 48.5 Å². The Morgan fingerprint density at radius 2 is 1.75 bits per heavy atom. The average molecular weight is 449 g/mol. The second kappa shape index (κ2) is 8.70. The Bertz CT molecular complexity index is 1280. The van der Waals surface area contributed by atoms with Crippen molar-refractivity contribution in [1.29, 1.82) is 0 Å². The van der Waals surface area contributed by atoms with E-state index in [1.807, 2.05) is 48.7 Å². The number of nitrogens with zero attached hydrogens (tertiary/aromatic N) is 4. The predicted octanol–water partition coefficient (Wildman–Crippen LogP) is 5.06. The molecule has 1 saturated heterocycles. The van der Waals surface area contributed by atoms with Gasteiger partial charge in [0.05, 0.1) is 29.5 Å². The lowest BCUT2D eigenvalue weighted by Gasteiger charge is -2.26. The van der Waals surface area contributed by atoms with E-state index in [1.54, 1.807) is 12.1 Å². The summed E-state index contributed by atoms with van der Waals surface area (Å²) >= 11 is 6.10. The Labute approximate surface area is 190 Å². The normalized spacial score (nSPS) is 14.7. The molecule has 0 bridgehead atoms. The molecular weight excluding hydrogens is 428 g/mol. The van der Waals surface area contributed by atoms with E-state index < -0.39 is 0 Å². The maximum absolute atomic E-state index is 11.2. The Kier molecular flexibility index (Phi) is 5.61. The highest BCUT2D eigenvalue weighted by Gasteiger charge is 2.19. The zero-order valence-electron chi connectivity index (χ0n) is 17.3. The maximum Gasteiger partial charge on any atom is 0.270 e. The van der Waals surface area contributed by atoms with Crippen LogP contribution in [0.3, 0.4) is 0 Å². The van der Waals surface area contributed by atoms with Crippen LogP contribution in [-0.4, -0.2) is 45.5 Å². The summed E-state index contributed by atoms with van der Waals surface area (Å²) in [6.07, 6.45) is 2.01. The lowest BCUT2D eigenvalue weighted by Crippen LogP contribution is -2.36. The molecule has 4 aromatic rings. The van der Waals surface area contributed by atoms with Crippen molar-refractivity contribution in [2.75, 3.05) is 26.3 Å². The zero-order chi connectivity index (χ0) is 22.1. The maximum atomic E-state index is 11.2. The van der Waals surface area contributed by atoms with Gasteiger partial charge in [-0.15, -0.1) is 0 Å². The number of imidazole rings is 1. The number of morpholine rings is 1. The summed E-state index contributed by atoms with van der Waals surface area (Å²) in [7, 11) is 0. The van der Waals surface area contributed by atoms with E-state index in [-0.39, 0.29) is 10.6 Å². The van der Waals surface area contributed by atoms with Crippen molar-refractivity contribution in [2.45, 2.75) is 6.54 Å². The van der Waals surface area contributed by atoms with Gasteiger partial charge in [0.15, 0.2) is 0 Å². The molecule has 32 heavy (non-hydrogen) atoms. The van der Waals surface area contributed by atoms with Crippen molar-refractivity contribution in [3.8, 4) is 22.4 Å². The van der Waals surface area contributed by atoms with Gasteiger partial charge in [-0.1, -0.05) is 35.9 Å². The summed E-state index contributed by atoms with van der Waals surface area (Å²) in [6, 6.07) is 18.3. The van der Waals surface area contributed by atoms with Crippen LogP contribution in [0.2, 0.25) is 5.02 Å². The van der Waals surface area contributed by atoms with E-state index in [4.69, 9.17) is 21.3 Å². The molecule has 0 atom stereocenters. The van der Waals surface area contributed by atoms with E-state index in [0.717, 1.165) is 53.4 Å². The molecule has 162 valence electrons. The van der Waals surface area contributed by atoms with Gasteiger partial charge in [0.25, 0.3) is 5.69 Å². The zero-order valence-corrected chi connectivity index (χ0v) is 18.0. The highest BCUT2D eigenvalue weighted by molar-refractivity contribution is 6.30. The summed E-state index contributed by atoms with van der Waals surface area (Å²) in [5, 5.41) is 11.9. The smallest absolute Gasteiger partial charge is 0.270 e. The lowest BCUT2D eigenvalue weighted by molar-refractivity contribution is -0.384. The summed E-state index contributed by atoms with van der Waals surface area (Å²) in [5.41, 5.74) is 5.56. The molecule has 8 heteroatoms. The summed E-state index contributed by atoms with van der Waals surface area (Å²) in [6.45, 7) is 3.87. The minimum Gasteiger partial charge on any atom is -0.379 e. The van der Waals surface area contributed by atoms with Gasteiger partial charge >= 0.3 is 0 Å². The van der Waals surface area contributed by atoms with Crippen LogP contribution in [-0.2, 0) is 11.3 Å². The Morgan fingerprint density at radius 3 is 2.50 bits per heavy atom. The monoisotopic (exact) mass is 448 g/mol. The van der Waals surface area contributed by atoms with Crippen LogP contribution in [0, 0.1) is 10.1 Å². The third-order valence-corrected chi connectivity index (χ3v) is 5.95. The molecule has 1 fully saturated rings. The van der Waals surface area contributed by atoms with Crippen molar-refractivity contribution >= 4 is 22.9 Å². The minimum atomic E-state index is -0.373. The second-order valence-electron chi connectivity index (χ2n) is 7.76. The standard InChI is InChI=1S/C24H21ClN4O3/c25-20-7-4-17(5-8-20)24-22(16-27-10-12-32-13-11-27)28-15-19(6-9-23(28)26-24)18-2-1-3-21(14-18)29(30)31/h1-9,14-15H,10-13,16H2. The number of fused-ring (bicyclic) bond motifs is 1. The Morgan fingerprint density at radius 1 is 1.00 bits per heavy atom. The van der Waals surface area contributed by atoms with Gasteiger partial charge < -0.3 is 9.14 Å². The predicted molar refractivity (Wildman–Crippen MR) is 124 cm³/mol. The van der Waals surface area contributed by atoms with Crippen LogP contribution in [0.25, 0.3) is 28.0 Å². The molecule has 0 aliphatic carbocycles. The second-order valence-corrected chi connectivity index (χ2v) is 8.19. The summed E-state index contributed by atoms with van der Waals surface area (Å²) in [5.74, 6) is 0. The fourth-order valence-electron chi connectivity index (χ4n) is 4.02. The molecule has 0 amide bonds. The minimum absolute atomic E-state index is 0.0728. The molecule has 0 N–H and O–H groups in total. The molecule has 0 saturated carbocycles. The van der Waals surface area contributed by atoms with Gasteiger partial charge in [-0.2, -0.15) is 0 Å². The van der Waals surface area contributed by atoms with Crippen molar-refractivity contribution < 1.29 is 9.66 Å². The van der Waals surface area contributed by atoms with Crippen LogP contribution in [0.15, 0.2) is 66.9 Å². The van der Waals surface area contributed by atoms with E-state index >= 15 is 0 Å². The van der Waals surface area contributed by atoms with Crippen molar-refractivity contribution in [1.82, 2.24) is 14.3 Å². The number of hydrogen-bond acceptors (Lipinski definition) is 5. The first-order valence-corrected chi connectivity index (χ1v) is 10.8. The largest absolute Gasteiger partial charge is 0.379 e. The number of hydrogen-bond donors (Lipinski definition) is 0. The number of halogens is 1. The van der Waals surface area contributed by atoms with Crippen LogP contribution < -0.4 is 0 Å². The lowest BCUT2D eigenvalue weighted by atomic mass is 10.1. The SMILES string of the molecule is O=[N+]([O-])c1cccc(-c2ccc3nc(-c4ccc(Cl)cc4)c(CN4CCOCC4)n3c2)c1. The first-order chi connectivity index (χ1) is 15.6. The van der Waals surface area contributed by atoms with E-state index in [0.29, 0.717) is 18.2 Å². The number of nitro benzene ring substituents is 1. The third-order valence-electron chi connectivity index (χ3n) is 5.70. The van der Waals surface area contributed by atoms with Crippen molar-refractivity contribution in [2.24, 2.45) is 0 Å². The molecule has 0 radical (unpaired) electrons. The first kappa shape index (κ1) is 20.6. The molecule has 1 aliphatic heterocycles. The number of non-ortho nitro benzene ring substituents is 1. The first-order valence-electron chi connectivity index (χ1n) is 10.4. The number of benzene rings is 2. The molecule has 2 aromatic heterocycles. The quantitative estimate of drug-likeness (QED) is 0.315. The Balaban J connectivity index is 1.63. The van der Waals surface area contributed by atoms with Crippen LogP contribution in [0.4, 0.5) is 5.69 Å². The molecule has 0 unspecified atom stereocenters. The van der Waals surface area contributed by atoms with Crippen LogP contribution >= 0.6 is 11.6 Å². The number of ether oxygens (including phenoxy) is 1. The highest BCUT2D eigenvalue weighted by atomic mass is 35.5. The topological polar surface area (TPSA) is 72.9 Å². The number of nitro groups is 1. The van der Waals surface area contributed by atoms with Crippen LogP contribution in [0.5, 0.6) is 0 Å². The third kappa shape index (κ3) is 4.10. The van der Waals surface area contributed by atoms with Crippen molar-refractivity contribution in [3.63, 3.8) is 0 Å². The fourth-order valence-corrected chi connectivity index (χ4v) is 4.15. The molecule has 2 aromatic carbocycles. The van der Waals surface area contributed by atoms with E-state index in [9.17, 15) is 10.1 Å². The molecule has 0 spiro atoms. The molecule has 7 nitrogen and oxygen atoms in total. The number of aromatic nitrogens is 2. The average Bonchev–Trinajstić information content (AvgIpc) is 3.18. The number of pyridine rings is 1. The van der Waals surface area contributed by atoms with E-state index in [2.05, 4.69) is 9.30 Å². The summed E-state index contributed by atoms with van der Waals surface area (Å²) < 4.78 is 7.60. The van der Waals surface area contributed by atoms with E-state index in [1.165, 1.54) is 6.07 Å². The van der Waals surface area contributed by atoms with Gasteiger partial charge in [-0.05, 0) is 35.4 Å². The molecule has 1 aliphatic rings. The summed E-state index contributed by atoms with van der Waals surface area (Å²) in [4.78, 5) is 18.1. The van der Waals surface area contributed by atoms with Gasteiger partial charge in [0.1, 0.15) is 5.65 Å². The van der Waals surface area contributed by atoms with Gasteiger partial charge in [-0.25, -0.2) is 4.98 Å². The number of rotatable bonds is 5. The fraction of sp³-hybridized carbons (Fsp3) is 0.208. The molecular formula is C24H21ClN4O3. The molecule has 5 rings (SSSR count). The van der Waals surface area contributed by atoms with Gasteiger partial charge in [-0.3, -0.25) is 15.0 Å². The van der Waals surface area contributed by atoms with Crippen LogP contribution in [0.1, 0.15) is 5.69 Å².